The van der Waals surface area contributed by atoms with E-state index in [-0.39, 0.29) is 12.5 Å². The molecule has 0 aliphatic rings. The van der Waals surface area contributed by atoms with E-state index in [2.05, 4.69) is 10.6 Å². The van der Waals surface area contributed by atoms with Crippen LogP contribution in [0.2, 0.25) is 5.02 Å². The zero-order valence-corrected chi connectivity index (χ0v) is 25.0. The highest BCUT2D eigenvalue weighted by atomic mass is 35.5. The lowest BCUT2D eigenvalue weighted by molar-refractivity contribution is -0.183. The van der Waals surface area contributed by atoms with Crippen molar-refractivity contribution in [3.63, 3.8) is 0 Å². The predicted octanol–water partition coefficient (Wildman–Crippen LogP) is 6.41. The number of esters is 2. The van der Waals surface area contributed by atoms with E-state index in [1.165, 1.54) is 18.4 Å². The van der Waals surface area contributed by atoms with E-state index in [1.54, 1.807) is 72.0 Å². The van der Waals surface area contributed by atoms with Crippen LogP contribution >= 0.6 is 22.9 Å². The lowest BCUT2D eigenvalue weighted by Gasteiger charge is -2.26. The van der Waals surface area contributed by atoms with Crippen LogP contribution in [0.1, 0.15) is 44.3 Å². The van der Waals surface area contributed by atoms with E-state index in [1.807, 2.05) is 18.2 Å². The molecule has 0 aliphatic heterocycles. The zero-order chi connectivity index (χ0) is 29.7. The van der Waals surface area contributed by atoms with Gasteiger partial charge in [0, 0.05) is 28.7 Å². The molecular formula is C29H33ClN2O7S. The summed E-state index contributed by atoms with van der Waals surface area (Å²) < 4.78 is 21.6. The summed E-state index contributed by atoms with van der Waals surface area (Å²) in [5.41, 5.74) is 0.179. The Kier molecular flexibility index (Phi) is 9.70. The Morgan fingerprint density at radius 3 is 2.15 bits per heavy atom. The summed E-state index contributed by atoms with van der Waals surface area (Å²) in [7, 11) is 3.23. The lowest BCUT2D eigenvalue weighted by atomic mass is 10.1. The molecule has 40 heavy (non-hydrogen) atoms. The Hall–Kier alpha value is -3.76. The molecule has 0 spiro atoms. The SMILES string of the molecule is CNc1cc(-c2ccc(Cl)cc2)sc1C(=O)Nc1ccc(OCC(C)(C)OC(=O)C(=O)OC(C)(C)C)c(OC)c1. The summed E-state index contributed by atoms with van der Waals surface area (Å²) in [4.78, 5) is 38.7. The molecule has 9 nitrogen and oxygen atoms in total. The van der Waals surface area contributed by atoms with E-state index in [0.717, 1.165) is 10.4 Å². The number of anilines is 2. The lowest BCUT2D eigenvalue weighted by Crippen LogP contribution is -2.39. The van der Waals surface area contributed by atoms with Gasteiger partial charge in [-0.15, -0.1) is 11.3 Å². The molecule has 0 atom stereocenters. The maximum absolute atomic E-state index is 13.2. The second kappa shape index (κ2) is 12.6. The van der Waals surface area contributed by atoms with Crippen LogP contribution in [0, 0.1) is 0 Å². The number of halogens is 1. The summed E-state index contributed by atoms with van der Waals surface area (Å²) >= 11 is 7.36. The highest BCUT2D eigenvalue weighted by Crippen LogP contribution is 2.36. The Morgan fingerprint density at radius 1 is 0.900 bits per heavy atom. The van der Waals surface area contributed by atoms with Crippen molar-refractivity contribution in [3.8, 4) is 21.9 Å². The van der Waals surface area contributed by atoms with Crippen molar-refractivity contribution in [1.29, 1.82) is 0 Å². The Bertz CT molecular complexity index is 1380. The first-order chi connectivity index (χ1) is 18.7. The molecular weight excluding hydrogens is 556 g/mol. The molecule has 2 N–H and O–H groups in total. The van der Waals surface area contributed by atoms with Crippen molar-refractivity contribution >= 4 is 52.2 Å². The first-order valence-electron chi connectivity index (χ1n) is 12.4. The van der Waals surface area contributed by atoms with E-state index in [9.17, 15) is 14.4 Å². The molecule has 2 aromatic carbocycles. The van der Waals surface area contributed by atoms with Crippen molar-refractivity contribution in [1.82, 2.24) is 0 Å². The number of carbonyl (C=O) groups is 3. The number of ether oxygens (including phenoxy) is 4. The number of nitrogens with one attached hydrogen (secondary N) is 2. The zero-order valence-electron chi connectivity index (χ0n) is 23.5. The Labute approximate surface area is 242 Å². The first kappa shape index (κ1) is 30.8. The standard InChI is InChI=1S/C29H33ClN2O7S/c1-28(2,3)38-26(34)27(35)39-29(4,5)16-37-21-13-12-19(14-22(21)36-7)32-25(33)24-20(31-6)15-23(40-24)17-8-10-18(30)11-9-17/h8-15,31H,16H2,1-7H3,(H,32,33). The molecule has 0 bridgehead atoms. The summed E-state index contributed by atoms with van der Waals surface area (Å²) in [6.45, 7) is 8.11. The van der Waals surface area contributed by atoms with Crippen LogP contribution in [-0.4, -0.2) is 49.8 Å². The molecule has 0 radical (unpaired) electrons. The largest absolute Gasteiger partial charge is 0.493 e. The monoisotopic (exact) mass is 588 g/mol. The van der Waals surface area contributed by atoms with Gasteiger partial charge in [0.05, 0.1) is 12.8 Å². The number of rotatable bonds is 9. The third kappa shape index (κ3) is 8.37. The van der Waals surface area contributed by atoms with Crippen molar-refractivity contribution in [2.75, 3.05) is 31.4 Å². The molecule has 3 aromatic rings. The summed E-state index contributed by atoms with van der Waals surface area (Å²) in [5.74, 6) is -1.76. The van der Waals surface area contributed by atoms with E-state index in [0.29, 0.717) is 32.8 Å². The van der Waals surface area contributed by atoms with Crippen LogP contribution in [0.15, 0.2) is 48.5 Å². The Morgan fingerprint density at radius 2 is 1.55 bits per heavy atom. The van der Waals surface area contributed by atoms with Gasteiger partial charge in [0.1, 0.15) is 22.7 Å². The van der Waals surface area contributed by atoms with Crippen LogP contribution in [-0.2, 0) is 19.1 Å². The van der Waals surface area contributed by atoms with Gasteiger partial charge in [0.25, 0.3) is 5.91 Å². The smallest absolute Gasteiger partial charge is 0.418 e. The van der Waals surface area contributed by atoms with Crippen molar-refractivity contribution in [3.05, 3.63) is 58.4 Å². The number of carbonyl (C=O) groups excluding carboxylic acids is 3. The fourth-order valence-electron chi connectivity index (χ4n) is 3.45. The minimum atomic E-state index is -1.14. The number of hydrogen-bond donors (Lipinski definition) is 2. The van der Waals surface area contributed by atoms with Gasteiger partial charge in [0.15, 0.2) is 11.5 Å². The van der Waals surface area contributed by atoms with Gasteiger partial charge in [-0.05, 0) is 70.5 Å². The van der Waals surface area contributed by atoms with Crippen molar-refractivity contribution < 1.29 is 33.3 Å². The third-order valence-electron chi connectivity index (χ3n) is 5.27. The molecule has 214 valence electrons. The highest BCUT2D eigenvalue weighted by molar-refractivity contribution is 7.18. The normalized spacial score (nSPS) is 11.4. The van der Waals surface area contributed by atoms with Gasteiger partial charge in [-0.25, -0.2) is 9.59 Å². The molecule has 1 heterocycles. The van der Waals surface area contributed by atoms with Gasteiger partial charge >= 0.3 is 11.9 Å². The minimum Gasteiger partial charge on any atom is -0.493 e. The van der Waals surface area contributed by atoms with Gasteiger partial charge in [-0.3, -0.25) is 4.79 Å². The number of methoxy groups -OCH3 is 1. The van der Waals surface area contributed by atoms with Crippen molar-refractivity contribution in [2.45, 2.75) is 45.8 Å². The number of amides is 1. The maximum Gasteiger partial charge on any atom is 0.418 e. The molecule has 3 rings (SSSR count). The molecule has 0 fully saturated rings. The van der Waals surface area contributed by atoms with Gasteiger partial charge in [0.2, 0.25) is 0 Å². The molecule has 1 amide bonds. The Balaban J connectivity index is 1.68. The highest BCUT2D eigenvalue weighted by Gasteiger charge is 2.31. The number of thiophene rings is 1. The fraction of sp³-hybridized carbons (Fsp3) is 0.345. The van der Waals surface area contributed by atoms with E-state index < -0.39 is 23.1 Å². The molecule has 0 saturated carbocycles. The first-order valence-corrected chi connectivity index (χ1v) is 13.6. The summed E-state index contributed by atoms with van der Waals surface area (Å²) in [6.07, 6.45) is 0. The average molecular weight is 589 g/mol. The third-order valence-corrected chi connectivity index (χ3v) is 6.70. The molecule has 0 aliphatic carbocycles. The van der Waals surface area contributed by atoms with Crippen LogP contribution in [0.3, 0.4) is 0 Å². The number of benzene rings is 2. The van der Waals surface area contributed by atoms with Gasteiger partial charge in [-0.2, -0.15) is 0 Å². The van der Waals surface area contributed by atoms with Crippen LogP contribution in [0.25, 0.3) is 10.4 Å². The maximum atomic E-state index is 13.2. The molecule has 11 heteroatoms. The van der Waals surface area contributed by atoms with Crippen LogP contribution < -0.4 is 20.1 Å². The van der Waals surface area contributed by atoms with Gasteiger partial charge < -0.3 is 29.6 Å². The predicted molar refractivity (Wildman–Crippen MR) is 157 cm³/mol. The number of hydrogen-bond acceptors (Lipinski definition) is 9. The fourth-order valence-corrected chi connectivity index (χ4v) is 4.64. The topological polar surface area (TPSA) is 112 Å². The summed E-state index contributed by atoms with van der Waals surface area (Å²) in [5, 5.41) is 6.60. The van der Waals surface area contributed by atoms with Crippen LogP contribution in [0.4, 0.5) is 11.4 Å². The molecule has 0 unspecified atom stereocenters. The average Bonchev–Trinajstić information content (AvgIpc) is 3.31. The second-order valence-electron chi connectivity index (χ2n) is 10.4. The molecule has 0 saturated heterocycles. The van der Waals surface area contributed by atoms with Crippen LogP contribution in [0.5, 0.6) is 11.5 Å². The summed E-state index contributed by atoms with van der Waals surface area (Å²) in [6, 6.07) is 14.2. The quantitative estimate of drug-likeness (QED) is 0.218. The molecule has 1 aromatic heterocycles. The minimum absolute atomic E-state index is 0.0716. The van der Waals surface area contributed by atoms with E-state index in [4.69, 9.17) is 30.5 Å². The van der Waals surface area contributed by atoms with Gasteiger partial charge in [-0.1, -0.05) is 23.7 Å². The van der Waals surface area contributed by atoms with E-state index >= 15 is 0 Å². The second-order valence-corrected chi connectivity index (χ2v) is 11.9. The van der Waals surface area contributed by atoms with Crippen molar-refractivity contribution in [2.24, 2.45) is 0 Å².